The van der Waals surface area contributed by atoms with Crippen LogP contribution in [0.2, 0.25) is 0 Å². The lowest BCUT2D eigenvalue weighted by molar-refractivity contribution is 0.0947. The molecule has 200 valence electrons. The van der Waals surface area contributed by atoms with Crippen molar-refractivity contribution in [2.45, 2.75) is 13.8 Å². The van der Waals surface area contributed by atoms with Gasteiger partial charge in [-0.15, -0.1) is 0 Å². The summed E-state index contributed by atoms with van der Waals surface area (Å²) in [7, 11) is 0. The van der Waals surface area contributed by atoms with Crippen molar-refractivity contribution in [1.29, 1.82) is 0 Å². The highest BCUT2D eigenvalue weighted by atomic mass is 16.3. The molecule has 4 rings (SSSR count). The minimum atomic E-state index is -0.609. The average molecular weight is 526 g/mol. The fourth-order valence-electron chi connectivity index (χ4n) is 4.26. The van der Waals surface area contributed by atoms with E-state index in [2.05, 4.69) is 34.0 Å². The molecule has 0 atom stereocenters. The van der Waals surface area contributed by atoms with Crippen LogP contribution in [-0.4, -0.2) is 65.0 Å². The van der Waals surface area contributed by atoms with Crippen LogP contribution in [0, 0.1) is 0 Å². The Bertz CT molecular complexity index is 1540. The van der Waals surface area contributed by atoms with Gasteiger partial charge in [0, 0.05) is 52.5 Å². The molecule has 0 unspecified atom stereocenters. The summed E-state index contributed by atoms with van der Waals surface area (Å²) in [6.07, 6.45) is 1.53. The third kappa shape index (κ3) is 6.39. The van der Waals surface area contributed by atoms with E-state index in [1.807, 2.05) is 0 Å². The second kappa shape index (κ2) is 12.2. The van der Waals surface area contributed by atoms with Crippen molar-refractivity contribution in [2.24, 2.45) is 10.7 Å². The van der Waals surface area contributed by atoms with Crippen LogP contribution in [0.25, 0.3) is 10.9 Å². The number of aromatic nitrogens is 1. The van der Waals surface area contributed by atoms with Crippen LogP contribution < -0.4 is 11.1 Å². The first-order chi connectivity index (χ1) is 18.8. The van der Waals surface area contributed by atoms with Gasteiger partial charge in [-0.1, -0.05) is 38.1 Å². The predicted octanol–water partition coefficient (Wildman–Crippen LogP) is 4.03. The van der Waals surface area contributed by atoms with Crippen LogP contribution in [0.5, 0.6) is 5.88 Å². The van der Waals surface area contributed by atoms with E-state index in [1.54, 1.807) is 60.7 Å². The number of nitrogens with two attached hydrogens (primary N) is 1. The van der Waals surface area contributed by atoms with E-state index in [1.165, 1.54) is 12.3 Å². The summed E-state index contributed by atoms with van der Waals surface area (Å²) in [5.74, 6) is -1.11. The normalized spacial score (nSPS) is 11.4. The zero-order valence-electron chi connectivity index (χ0n) is 21.9. The Kier molecular flexibility index (Phi) is 8.53. The number of hydrogen-bond donors (Lipinski definition) is 4. The molecule has 9 nitrogen and oxygen atoms in total. The molecule has 5 N–H and O–H groups in total. The summed E-state index contributed by atoms with van der Waals surface area (Å²) < 4.78 is 0. The number of nitrogens with one attached hydrogen (secondary N) is 2. The van der Waals surface area contributed by atoms with Crippen LogP contribution in [0.4, 0.5) is 5.69 Å². The summed E-state index contributed by atoms with van der Waals surface area (Å²) in [6.45, 7) is 7.44. The van der Waals surface area contributed by atoms with Gasteiger partial charge in [0.15, 0.2) is 11.7 Å². The number of fused-ring (bicyclic) bond motifs is 1. The highest BCUT2D eigenvalue weighted by Crippen LogP contribution is 2.28. The van der Waals surface area contributed by atoms with Gasteiger partial charge in [-0.05, 0) is 55.6 Å². The van der Waals surface area contributed by atoms with Crippen molar-refractivity contribution < 1.29 is 19.5 Å². The van der Waals surface area contributed by atoms with E-state index < -0.39 is 5.91 Å². The molecule has 0 aliphatic carbocycles. The molecule has 1 aromatic heterocycles. The number of aromatic hydroxyl groups is 1. The van der Waals surface area contributed by atoms with Crippen LogP contribution in [0.15, 0.2) is 71.7 Å². The van der Waals surface area contributed by atoms with Gasteiger partial charge in [0.25, 0.3) is 5.91 Å². The van der Waals surface area contributed by atoms with Crippen LogP contribution in [0.3, 0.4) is 0 Å². The Labute approximate surface area is 226 Å². The minimum absolute atomic E-state index is 0.0849. The number of amides is 2. The maximum absolute atomic E-state index is 13.0. The summed E-state index contributed by atoms with van der Waals surface area (Å²) in [5.41, 5.74) is 8.49. The number of hydrogen-bond acceptors (Lipinski definition) is 6. The molecular weight excluding hydrogens is 494 g/mol. The lowest BCUT2D eigenvalue weighted by Gasteiger charge is -2.17. The van der Waals surface area contributed by atoms with Gasteiger partial charge < -0.3 is 26.0 Å². The van der Waals surface area contributed by atoms with Gasteiger partial charge in [-0.2, -0.15) is 0 Å². The van der Waals surface area contributed by atoms with Gasteiger partial charge in [0.1, 0.15) is 0 Å². The summed E-state index contributed by atoms with van der Waals surface area (Å²) >= 11 is 0. The second-order valence-electron chi connectivity index (χ2n) is 9.01. The molecule has 0 radical (unpaired) electrons. The number of aliphatic imine (C=N–C) groups is 1. The van der Waals surface area contributed by atoms with Gasteiger partial charge in [0.2, 0.25) is 5.91 Å². The number of carbonyl (C=O) groups excluding carboxylic acids is 3. The number of primary amides is 1. The van der Waals surface area contributed by atoms with Gasteiger partial charge >= 0.3 is 0 Å². The molecule has 9 heteroatoms. The highest BCUT2D eigenvalue weighted by molar-refractivity contribution is 6.12. The number of H-pyrrole nitrogens is 1. The number of ketones is 1. The average Bonchev–Trinajstić information content (AvgIpc) is 3.27. The molecule has 1 heterocycles. The van der Waals surface area contributed by atoms with Gasteiger partial charge in [0.05, 0.1) is 11.3 Å². The Morgan fingerprint density at radius 3 is 2.31 bits per heavy atom. The Hall–Kier alpha value is -4.76. The molecule has 0 bridgehead atoms. The molecule has 0 saturated heterocycles. The molecule has 0 aliphatic rings. The van der Waals surface area contributed by atoms with Crippen LogP contribution >= 0.6 is 0 Å². The summed E-state index contributed by atoms with van der Waals surface area (Å²) in [4.78, 5) is 46.4. The van der Waals surface area contributed by atoms with Crippen LogP contribution in [-0.2, 0) is 0 Å². The third-order valence-corrected chi connectivity index (χ3v) is 6.57. The van der Waals surface area contributed by atoms with Crippen molar-refractivity contribution in [1.82, 2.24) is 15.2 Å². The number of nitrogens with zero attached hydrogens (tertiary/aromatic N) is 2. The van der Waals surface area contributed by atoms with E-state index in [9.17, 15) is 19.5 Å². The number of benzene rings is 3. The first kappa shape index (κ1) is 27.3. The fourth-order valence-corrected chi connectivity index (χ4v) is 4.26. The molecule has 4 aromatic rings. The molecule has 0 saturated carbocycles. The smallest absolute Gasteiger partial charge is 0.251 e. The third-order valence-electron chi connectivity index (χ3n) is 6.57. The molecule has 0 spiro atoms. The van der Waals surface area contributed by atoms with Crippen molar-refractivity contribution in [3.8, 4) is 5.88 Å². The zero-order chi connectivity index (χ0) is 27.9. The van der Waals surface area contributed by atoms with Gasteiger partial charge in [-0.25, -0.2) is 0 Å². The van der Waals surface area contributed by atoms with Crippen molar-refractivity contribution in [2.75, 3.05) is 26.2 Å². The fraction of sp³-hybridized carbons (Fsp3) is 0.200. The standard InChI is InChI=1S/C30H31N5O4/c1-3-35(4-2)15-14-32-29(38)19-8-11-23(12-9-19)33-18-25-24-13-10-21(17-26(24)34-30(25)39)27(36)20-6-5-7-22(16-20)28(31)37/h5-13,16-18,34,39H,3-4,14-15H2,1-2H3,(H2,31,37)(H,32,38). The Morgan fingerprint density at radius 2 is 1.62 bits per heavy atom. The number of rotatable bonds is 11. The largest absolute Gasteiger partial charge is 0.494 e. The molecule has 0 aliphatic heterocycles. The van der Waals surface area contributed by atoms with Gasteiger partial charge in [-0.3, -0.25) is 19.4 Å². The minimum Gasteiger partial charge on any atom is -0.494 e. The molecule has 2 amide bonds. The van der Waals surface area contributed by atoms with Crippen molar-refractivity contribution >= 4 is 40.4 Å². The lowest BCUT2D eigenvalue weighted by Crippen LogP contribution is -2.34. The van der Waals surface area contributed by atoms with Crippen molar-refractivity contribution in [3.63, 3.8) is 0 Å². The zero-order valence-corrected chi connectivity index (χ0v) is 21.9. The van der Waals surface area contributed by atoms with E-state index in [-0.39, 0.29) is 23.1 Å². The summed E-state index contributed by atoms with van der Waals surface area (Å²) in [6, 6.07) is 18.1. The number of likely N-dealkylation sites (N-methyl/N-ethyl adjacent to an activating group) is 1. The lowest BCUT2D eigenvalue weighted by atomic mass is 10.00. The predicted molar refractivity (Wildman–Crippen MR) is 152 cm³/mol. The first-order valence-electron chi connectivity index (χ1n) is 12.7. The maximum Gasteiger partial charge on any atom is 0.251 e. The topological polar surface area (TPSA) is 141 Å². The molecule has 39 heavy (non-hydrogen) atoms. The Balaban J connectivity index is 1.46. The van der Waals surface area contributed by atoms with Crippen molar-refractivity contribution in [3.05, 3.63) is 94.5 Å². The van der Waals surface area contributed by atoms with E-state index >= 15 is 0 Å². The summed E-state index contributed by atoms with van der Waals surface area (Å²) in [5, 5.41) is 14.1. The molecule has 3 aromatic carbocycles. The van der Waals surface area contributed by atoms with E-state index in [0.29, 0.717) is 45.4 Å². The SMILES string of the molecule is CCN(CC)CCNC(=O)c1ccc(N=Cc2c(O)[nH]c3cc(C(=O)c4cccc(C(N)=O)c4)ccc23)cc1. The number of aromatic amines is 1. The molecule has 0 fully saturated rings. The quantitative estimate of drug-likeness (QED) is 0.173. The van der Waals surface area contributed by atoms with Crippen LogP contribution in [0.1, 0.15) is 56.0 Å². The van der Waals surface area contributed by atoms with E-state index in [4.69, 9.17) is 5.73 Å². The van der Waals surface area contributed by atoms with E-state index in [0.717, 1.165) is 19.6 Å². The number of carbonyl (C=O) groups is 3. The molecular formula is C30H31N5O4. The highest BCUT2D eigenvalue weighted by Gasteiger charge is 2.15. The second-order valence-corrected chi connectivity index (χ2v) is 9.01. The monoisotopic (exact) mass is 525 g/mol. The maximum atomic E-state index is 13.0. The Morgan fingerprint density at radius 1 is 0.949 bits per heavy atom. The first-order valence-corrected chi connectivity index (χ1v) is 12.7.